The minimum atomic E-state index is -0.346. The van der Waals surface area contributed by atoms with Gasteiger partial charge in [-0.15, -0.1) is 0 Å². The second kappa shape index (κ2) is 5.83. The molecule has 2 rings (SSSR count). The van der Waals surface area contributed by atoms with E-state index in [9.17, 15) is 9.59 Å². The molecule has 2 amide bonds. The first-order valence-corrected chi connectivity index (χ1v) is 7.34. The Balaban J connectivity index is 2.26. The van der Waals surface area contributed by atoms with Gasteiger partial charge < -0.3 is 16.4 Å². The highest BCUT2D eigenvalue weighted by molar-refractivity contribution is 9.10. The van der Waals surface area contributed by atoms with Gasteiger partial charge in [-0.3, -0.25) is 9.59 Å². The Bertz CT molecular complexity index is 547. The van der Waals surface area contributed by atoms with Crippen LogP contribution in [0.25, 0.3) is 0 Å². The van der Waals surface area contributed by atoms with Crippen LogP contribution in [0.1, 0.15) is 30.1 Å². The van der Waals surface area contributed by atoms with Gasteiger partial charge in [0.1, 0.15) is 0 Å². The topological polar surface area (TPSA) is 89.4 Å². The van der Waals surface area contributed by atoms with Crippen LogP contribution in [-0.4, -0.2) is 29.3 Å². The number of piperidine rings is 1. The van der Waals surface area contributed by atoms with Crippen molar-refractivity contribution in [1.29, 1.82) is 0 Å². The van der Waals surface area contributed by atoms with E-state index in [1.807, 2.05) is 6.92 Å². The lowest BCUT2D eigenvalue weighted by Gasteiger charge is -2.37. The predicted molar refractivity (Wildman–Crippen MR) is 81.0 cm³/mol. The van der Waals surface area contributed by atoms with Crippen molar-refractivity contribution in [1.82, 2.24) is 4.90 Å². The van der Waals surface area contributed by atoms with Gasteiger partial charge in [-0.05, 0) is 53.9 Å². The van der Waals surface area contributed by atoms with Gasteiger partial charge in [0, 0.05) is 22.7 Å². The number of rotatable bonds is 2. The zero-order valence-corrected chi connectivity index (χ0v) is 12.9. The van der Waals surface area contributed by atoms with Crippen molar-refractivity contribution in [2.45, 2.75) is 25.8 Å². The molecular weight excluding hydrogens is 322 g/mol. The number of benzene rings is 1. The molecule has 4 N–H and O–H groups in total. The van der Waals surface area contributed by atoms with Crippen LogP contribution in [0.3, 0.4) is 0 Å². The number of halogens is 1. The number of nitrogens with two attached hydrogens (primary N) is 2. The van der Waals surface area contributed by atoms with Gasteiger partial charge >= 0.3 is 0 Å². The molecule has 1 saturated heterocycles. The zero-order chi connectivity index (χ0) is 14.9. The molecule has 108 valence electrons. The molecule has 0 radical (unpaired) electrons. The third kappa shape index (κ3) is 2.95. The second-order valence-electron chi connectivity index (χ2n) is 5.22. The molecule has 2 atom stereocenters. The average Bonchev–Trinajstić information content (AvgIpc) is 2.41. The molecule has 0 aliphatic carbocycles. The van der Waals surface area contributed by atoms with Crippen molar-refractivity contribution in [2.24, 2.45) is 11.7 Å². The van der Waals surface area contributed by atoms with Crippen LogP contribution < -0.4 is 11.5 Å². The van der Waals surface area contributed by atoms with E-state index in [1.54, 1.807) is 23.1 Å². The van der Waals surface area contributed by atoms with E-state index in [-0.39, 0.29) is 23.8 Å². The normalized spacial score (nSPS) is 22.6. The summed E-state index contributed by atoms with van der Waals surface area (Å²) >= 11 is 3.37. The summed E-state index contributed by atoms with van der Waals surface area (Å²) < 4.78 is 0.699. The molecule has 0 bridgehead atoms. The van der Waals surface area contributed by atoms with Crippen molar-refractivity contribution in [2.75, 3.05) is 12.3 Å². The minimum absolute atomic E-state index is 0.0893. The molecule has 20 heavy (non-hydrogen) atoms. The summed E-state index contributed by atoms with van der Waals surface area (Å²) in [6.45, 7) is 2.35. The molecule has 1 aromatic rings. The Morgan fingerprint density at radius 2 is 2.05 bits per heavy atom. The Kier molecular flexibility index (Phi) is 4.32. The summed E-state index contributed by atoms with van der Waals surface area (Å²) in [5, 5.41) is 0. The number of likely N-dealkylation sites (tertiary alicyclic amines) is 1. The quantitative estimate of drug-likeness (QED) is 0.804. The minimum Gasteiger partial charge on any atom is -0.399 e. The van der Waals surface area contributed by atoms with E-state index >= 15 is 0 Å². The smallest absolute Gasteiger partial charge is 0.255 e. The van der Waals surface area contributed by atoms with Gasteiger partial charge in [-0.25, -0.2) is 0 Å². The first-order chi connectivity index (χ1) is 9.40. The second-order valence-corrected chi connectivity index (χ2v) is 6.08. The molecule has 6 heteroatoms. The zero-order valence-electron chi connectivity index (χ0n) is 11.3. The molecule has 1 aliphatic heterocycles. The number of hydrogen-bond acceptors (Lipinski definition) is 3. The molecule has 0 spiro atoms. The summed E-state index contributed by atoms with van der Waals surface area (Å²) in [6, 6.07) is 5.22. The van der Waals surface area contributed by atoms with Crippen LogP contribution in [-0.2, 0) is 4.79 Å². The van der Waals surface area contributed by atoms with Crippen molar-refractivity contribution < 1.29 is 9.59 Å². The molecule has 1 aliphatic rings. The van der Waals surface area contributed by atoms with Crippen LogP contribution in [0.4, 0.5) is 5.69 Å². The summed E-state index contributed by atoms with van der Waals surface area (Å²) in [4.78, 5) is 25.7. The fraction of sp³-hybridized carbons (Fsp3) is 0.429. The number of nitrogens with zero attached hydrogens (tertiary/aromatic N) is 1. The van der Waals surface area contributed by atoms with Crippen molar-refractivity contribution in [3.63, 3.8) is 0 Å². The molecule has 2 unspecified atom stereocenters. The summed E-state index contributed by atoms with van der Waals surface area (Å²) in [5.74, 6) is -0.737. The maximum atomic E-state index is 12.6. The first-order valence-electron chi connectivity index (χ1n) is 6.55. The van der Waals surface area contributed by atoms with E-state index in [4.69, 9.17) is 11.5 Å². The monoisotopic (exact) mass is 339 g/mol. The Morgan fingerprint density at radius 1 is 1.35 bits per heavy atom. The van der Waals surface area contributed by atoms with Gasteiger partial charge in [0.05, 0.1) is 11.5 Å². The molecular formula is C14H18BrN3O2. The predicted octanol–water partition coefficient (Wildman–Crippen LogP) is 1.76. The Morgan fingerprint density at radius 3 is 2.70 bits per heavy atom. The SMILES string of the molecule is CC1CCC(C(N)=O)CN1C(=O)c1cc(N)ccc1Br. The lowest BCUT2D eigenvalue weighted by Crippen LogP contribution is -2.48. The van der Waals surface area contributed by atoms with E-state index in [0.717, 1.165) is 12.8 Å². The Labute approximate surface area is 126 Å². The number of nitrogen functional groups attached to an aromatic ring is 1. The van der Waals surface area contributed by atoms with Gasteiger partial charge in [-0.1, -0.05) is 0 Å². The summed E-state index contributed by atoms with van der Waals surface area (Å²) in [6.07, 6.45) is 1.51. The maximum absolute atomic E-state index is 12.6. The highest BCUT2D eigenvalue weighted by Gasteiger charge is 2.32. The molecule has 0 saturated carbocycles. The maximum Gasteiger partial charge on any atom is 0.255 e. The lowest BCUT2D eigenvalue weighted by molar-refractivity contribution is -0.123. The number of carbonyl (C=O) groups excluding carboxylic acids is 2. The van der Waals surface area contributed by atoms with Crippen molar-refractivity contribution in [3.05, 3.63) is 28.2 Å². The standard InChI is InChI=1S/C14H18BrN3O2/c1-8-2-3-9(13(17)19)7-18(8)14(20)11-6-10(16)4-5-12(11)15/h4-6,8-9H,2-3,7,16H2,1H3,(H2,17,19). The average molecular weight is 340 g/mol. The van der Waals surface area contributed by atoms with Gasteiger partial charge in [0.15, 0.2) is 0 Å². The molecule has 1 aromatic carbocycles. The van der Waals surface area contributed by atoms with E-state index in [2.05, 4.69) is 15.9 Å². The fourth-order valence-electron chi connectivity index (χ4n) is 2.48. The highest BCUT2D eigenvalue weighted by atomic mass is 79.9. The van der Waals surface area contributed by atoms with Crippen molar-refractivity contribution >= 4 is 33.4 Å². The summed E-state index contributed by atoms with van der Waals surface area (Å²) in [5.41, 5.74) is 12.2. The van der Waals surface area contributed by atoms with E-state index in [0.29, 0.717) is 22.3 Å². The molecule has 5 nitrogen and oxygen atoms in total. The van der Waals surface area contributed by atoms with Crippen LogP contribution in [0, 0.1) is 5.92 Å². The number of anilines is 1. The van der Waals surface area contributed by atoms with Crippen molar-refractivity contribution in [3.8, 4) is 0 Å². The third-order valence-electron chi connectivity index (χ3n) is 3.77. The van der Waals surface area contributed by atoms with Crippen LogP contribution in [0.2, 0.25) is 0 Å². The van der Waals surface area contributed by atoms with Crippen LogP contribution in [0.5, 0.6) is 0 Å². The summed E-state index contributed by atoms with van der Waals surface area (Å²) in [7, 11) is 0. The van der Waals surface area contributed by atoms with E-state index in [1.165, 1.54) is 0 Å². The van der Waals surface area contributed by atoms with Gasteiger partial charge in [-0.2, -0.15) is 0 Å². The van der Waals surface area contributed by atoms with E-state index < -0.39 is 0 Å². The fourth-order valence-corrected chi connectivity index (χ4v) is 2.90. The molecule has 0 aromatic heterocycles. The number of hydrogen-bond donors (Lipinski definition) is 2. The van der Waals surface area contributed by atoms with Crippen LogP contribution >= 0.6 is 15.9 Å². The van der Waals surface area contributed by atoms with Gasteiger partial charge in [0.2, 0.25) is 5.91 Å². The molecule has 1 fully saturated rings. The largest absolute Gasteiger partial charge is 0.399 e. The third-order valence-corrected chi connectivity index (χ3v) is 4.46. The Hall–Kier alpha value is -1.56. The number of amides is 2. The van der Waals surface area contributed by atoms with Gasteiger partial charge in [0.25, 0.3) is 5.91 Å². The number of carbonyl (C=O) groups is 2. The first kappa shape index (κ1) is 14.8. The lowest BCUT2D eigenvalue weighted by atomic mass is 9.92. The van der Waals surface area contributed by atoms with Crippen LogP contribution in [0.15, 0.2) is 22.7 Å². The molecule has 1 heterocycles. The highest BCUT2D eigenvalue weighted by Crippen LogP contribution is 2.27. The number of primary amides is 1.